The number of likely N-dealkylation sites (tertiary alicyclic amines) is 1. The highest BCUT2D eigenvalue weighted by Crippen LogP contribution is 2.72. The second-order valence-corrected chi connectivity index (χ2v) is 14.6. The van der Waals surface area contributed by atoms with Crippen molar-refractivity contribution < 1.29 is 19.5 Å². The fourth-order valence-corrected chi connectivity index (χ4v) is 10.1. The molecule has 8 heteroatoms. The van der Waals surface area contributed by atoms with Crippen LogP contribution in [0.5, 0.6) is 0 Å². The highest BCUT2D eigenvalue weighted by Gasteiger charge is 2.78. The number of carbonyl (C=O) groups excluding carboxylic acids is 3. The minimum atomic E-state index is -0.816. The molecule has 1 N–H and O–H groups in total. The first-order valence-electron chi connectivity index (χ1n) is 15.6. The van der Waals surface area contributed by atoms with Crippen LogP contribution in [-0.4, -0.2) is 73.9 Å². The Morgan fingerprint density at radius 2 is 1.80 bits per heavy atom. The number of carbonyl (C=O) groups is 3. The summed E-state index contributed by atoms with van der Waals surface area (Å²) in [7, 11) is 0. The van der Waals surface area contributed by atoms with Crippen molar-refractivity contribution in [2.45, 2.75) is 75.1 Å². The van der Waals surface area contributed by atoms with Crippen LogP contribution in [-0.2, 0) is 20.9 Å². The van der Waals surface area contributed by atoms with Crippen molar-refractivity contribution in [3.8, 4) is 0 Å². The molecule has 2 unspecified atom stereocenters. The van der Waals surface area contributed by atoms with E-state index >= 15 is 0 Å². The minimum Gasteiger partial charge on any atom is -0.394 e. The molecule has 234 valence electrons. The van der Waals surface area contributed by atoms with E-state index in [9.17, 15) is 19.5 Å². The molecule has 6 atom stereocenters. The van der Waals surface area contributed by atoms with Gasteiger partial charge in [-0.05, 0) is 62.8 Å². The predicted molar refractivity (Wildman–Crippen MR) is 177 cm³/mol. The van der Waals surface area contributed by atoms with Gasteiger partial charge in [0, 0.05) is 30.1 Å². The van der Waals surface area contributed by atoms with E-state index in [0.717, 1.165) is 28.8 Å². The van der Waals surface area contributed by atoms with Crippen molar-refractivity contribution in [1.82, 2.24) is 9.80 Å². The topological polar surface area (TPSA) is 81.2 Å². The van der Waals surface area contributed by atoms with Gasteiger partial charge in [0.15, 0.2) is 0 Å². The van der Waals surface area contributed by atoms with E-state index in [1.807, 2.05) is 69.3 Å². The van der Waals surface area contributed by atoms with Crippen molar-refractivity contribution in [1.29, 1.82) is 0 Å². The molecule has 2 aromatic carbocycles. The monoisotopic (exact) mass is 615 g/mol. The summed E-state index contributed by atoms with van der Waals surface area (Å²) >= 11 is 1.66. The molecule has 2 bridgehead atoms. The number of nitrogens with zero attached hydrogens (tertiary/aromatic N) is 3. The van der Waals surface area contributed by atoms with Gasteiger partial charge in [-0.25, -0.2) is 0 Å². The normalized spacial score (nSPS) is 27.6. The van der Waals surface area contributed by atoms with Crippen LogP contribution in [0.1, 0.15) is 49.8 Å². The van der Waals surface area contributed by atoms with Crippen molar-refractivity contribution >= 4 is 35.2 Å². The van der Waals surface area contributed by atoms with Crippen LogP contribution in [0.15, 0.2) is 73.8 Å². The molecule has 5 rings (SSSR count). The molecule has 2 aromatic rings. The first-order valence-corrected chi connectivity index (χ1v) is 16.4. The summed E-state index contributed by atoms with van der Waals surface area (Å²) in [5, 5.41) is 10.5. The average molecular weight is 616 g/mol. The van der Waals surface area contributed by atoms with Crippen molar-refractivity contribution in [2.75, 3.05) is 24.6 Å². The van der Waals surface area contributed by atoms with E-state index in [-0.39, 0.29) is 30.9 Å². The number of aryl methyl sites for hydroxylation is 2. The van der Waals surface area contributed by atoms with Crippen molar-refractivity contribution in [3.63, 3.8) is 0 Å². The van der Waals surface area contributed by atoms with Gasteiger partial charge in [-0.15, -0.1) is 24.9 Å². The Labute approximate surface area is 266 Å². The van der Waals surface area contributed by atoms with Gasteiger partial charge in [0.05, 0.1) is 29.2 Å². The summed E-state index contributed by atoms with van der Waals surface area (Å²) in [5.74, 6) is -1.72. The maximum absolute atomic E-state index is 15.0. The molecule has 3 saturated heterocycles. The Balaban J connectivity index is 1.60. The number of amides is 3. The Hall–Kier alpha value is -3.36. The number of anilines is 1. The van der Waals surface area contributed by atoms with Gasteiger partial charge in [-0.3, -0.25) is 14.4 Å². The van der Waals surface area contributed by atoms with Crippen LogP contribution in [0.4, 0.5) is 5.69 Å². The van der Waals surface area contributed by atoms with E-state index in [2.05, 4.69) is 20.1 Å². The molecule has 7 nitrogen and oxygen atoms in total. The maximum atomic E-state index is 15.0. The van der Waals surface area contributed by atoms with Crippen LogP contribution >= 0.6 is 11.8 Å². The Morgan fingerprint density at radius 1 is 1.09 bits per heavy atom. The highest BCUT2D eigenvalue weighted by atomic mass is 32.2. The number of fused-ring (bicyclic) bond motifs is 1. The van der Waals surface area contributed by atoms with E-state index in [0.29, 0.717) is 25.9 Å². The third-order valence-electron chi connectivity index (χ3n) is 9.90. The summed E-state index contributed by atoms with van der Waals surface area (Å²) in [6.07, 6.45) is 5.31. The molecule has 0 radical (unpaired) electrons. The lowest BCUT2D eigenvalue weighted by molar-refractivity contribution is -0.146. The SMILES string of the molecule is C=CCN(Cc1ccccc1)C(=O)[C@H]1[C@H]2C(=O)N([C@@H](CC)CO)C(C(=O)N(CC=C)c3cc(C)ccc3C)C23CC[C@]1(C)S3. The zero-order valence-corrected chi connectivity index (χ0v) is 27.2. The predicted octanol–water partition coefficient (Wildman–Crippen LogP) is 5.29. The lowest BCUT2D eigenvalue weighted by Gasteiger charge is -2.39. The van der Waals surface area contributed by atoms with Crippen LogP contribution in [0.3, 0.4) is 0 Å². The molecule has 3 heterocycles. The maximum Gasteiger partial charge on any atom is 0.251 e. The number of thioether (sulfide) groups is 1. The number of aliphatic hydroxyl groups is 1. The van der Waals surface area contributed by atoms with E-state index in [1.54, 1.807) is 38.6 Å². The first kappa shape index (κ1) is 32.0. The summed E-state index contributed by atoms with van der Waals surface area (Å²) < 4.78 is -1.28. The fraction of sp³-hybridized carbons (Fsp3) is 0.472. The molecule has 1 spiro atoms. The number of rotatable bonds is 12. The second kappa shape index (κ2) is 12.6. The average Bonchev–Trinajstić information content (AvgIpc) is 3.58. The second-order valence-electron chi connectivity index (χ2n) is 12.7. The molecule has 3 aliphatic heterocycles. The molecule has 0 saturated carbocycles. The smallest absolute Gasteiger partial charge is 0.251 e. The minimum absolute atomic E-state index is 0.0775. The van der Waals surface area contributed by atoms with E-state index in [1.165, 1.54) is 0 Å². The molecule has 44 heavy (non-hydrogen) atoms. The molecule has 3 aliphatic rings. The fourth-order valence-electron chi connectivity index (χ4n) is 7.81. The Bertz CT molecular complexity index is 1440. The van der Waals surface area contributed by atoms with Crippen LogP contribution < -0.4 is 4.90 Å². The third-order valence-corrected chi connectivity index (χ3v) is 11.9. The zero-order valence-electron chi connectivity index (χ0n) is 26.4. The van der Waals surface area contributed by atoms with Gasteiger partial charge < -0.3 is 19.8 Å². The van der Waals surface area contributed by atoms with Crippen LogP contribution in [0, 0.1) is 25.7 Å². The first-order chi connectivity index (χ1) is 21.1. The van der Waals surface area contributed by atoms with Gasteiger partial charge in [0.1, 0.15) is 6.04 Å². The Morgan fingerprint density at radius 3 is 2.43 bits per heavy atom. The van der Waals surface area contributed by atoms with E-state index < -0.39 is 33.4 Å². The molecule has 0 aromatic heterocycles. The third kappa shape index (κ3) is 5.20. The molecular weight excluding hydrogens is 570 g/mol. The molecule has 3 amide bonds. The van der Waals surface area contributed by atoms with Gasteiger partial charge in [-0.1, -0.05) is 61.5 Å². The quantitative estimate of drug-likeness (QED) is 0.329. The van der Waals surface area contributed by atoms with Gasteiger partial charge in [-0.2, -0.15) is 0 Å². The number of aliphatic hydroxyl groups excluding tert-OH is 1. The van der Waals surface area contributed by atoms with Crippen molar-refractivity contribution in [3.05, 3.63) is 90.5 Å². The van der Waals surface area contributed by atoms with E-state index in [4.69, 9.17) is 0 Å². The number of hydrogen-bond acceptors (Lipinski definition) is 5. The Kier molecular flexibility index (Phi) is 9.15. The molecule has 0 aliphatic carbocycles. The van der Waals surface area contributed by atoms with Gasteiger partial charge in [0.2, 0.25) is 11.8 Å². The summed E-state index contributed by atoms with van der Waals surface area (Å²) in [6.45, 7) is 16.6. The molecular formula is C36H45N3O4S. The summed E-state index contributed by atoms with van der Waals surface area (Å²) in [5.41, 5.74) is 3.77. The standard InChI is InChI=1S/C36H45N3O4S/c1-7-19-37(22-26-13-11-10-12-14-26)32(41)29-30-33(42)39(27(9-3)23-40)31(36(30)18-17-35(29,6)44-36)34(43)38(20-8-2)28-21-24(4)15-16-25(28)5/h7-8,10-16,21,27,29-31,40H,1-2,9,17-20,22-23H2,3-6H3/t27-,29+,30-,31?,35-,36?/m0/s1. The van der Waals surface area contributed by atoms with Crippen LogP contribution in [0.25, 0.3) is 0 Å². The summed E-state index contributed by atoms with van der Waals surface area (Å²) in [4.78, 5) is 49.4. The van der Waals surface area contributed by atoms with Crippen LogP contribution in [0.2, 0.25) is 0 Å². The van der Waals surface area contributed by atoms with Crippen molar-refractivity contribution in [2.24, 2.45) is 11.8 Å². The lowest BCUT2D eigenvalue weighted by Crippen LogP contribution is -2.57. The highest BCUT2D eigenvalue weighted by molar-refractivity contribution is 8.02. The largest absolute Gasteiger partial charge is 0.394 e. The number of benzene rings is 2. The number of hydrogen-bond donors (Lipinski definition) is 1. The lowest BCUT2D eigenvalue weighted by atomic mass is 9.66. The molecule has 3 fully saturated rings. The summed E-state index contributed by atoms with van der Waals surface area (Å²) in [6, 6.07) is 14.5. The van der Waals surface area contributed by atoms with Gasteiger partial charge >= 0.3 is 0 Å². The van der Waals surface area contributed by atoms with Gasteiger partial charge in [0.25, 0.3) is 5.91 Å². The zero-order chi connectivity index (χ0) is 31.8.